The predicted octanol–water partition coefficient (Wildman–Crippen LogP) is 3.34. The summed E-state index contributed by atoms with van der Waals surface area (Å²) in [6.45, 7) is 4.03. The smallest absolute Gasteiger partial charge is 0.224 e. The number of benzene rings is 1. The maximum Gasteiger partial charge on any atom is 0.224 e. The molecule has 25 heavy (non-hydrogen) atoms. The molecule has 0 aliphatic rings. The number of nitrogens with zero attached hydrogens (tertiary/aromatic N) is 2. The Morgan fingerprint density at radius 3 is 2.72 bits per heavy atom. The summed E-state index contributed by atoms with van der Waals surface area (Å²) in [6.07, 6.45) is 1.91. The van der Waals surface area contributed by atoms with Crippen molar-refractivity contribution in [2.24, 2.45) is 0 Å². The average molecular weight is 337 g/mol. The highest BCUT2D eigenvalue weighted by Crippen LogP contribution is 2.19. The van der Waals surface area contributed by atoms with Gasteiger partial charge in [0.1, 0.15) is 11.5 Å². The lowest BCUT2D eigenvalue weighted by molar-refractivity contribution is -0.120. The highest BCUT2D eigenvalue weighted by Gasteiger charge is 2.13. The molecule has 128 valence electrons. The lowest BCUT2D eigenvalue weighted by atomic mass is 10.1. The summed E-state index contributed by atoms with van der Waals surface area (Å²) in [5, 5.41) is 6.75. The Balaban J connectivity index is 1.58. The molecule has 1 aromatic carbocycles. The first-order valence-corrected chi connectivity index (χ1v) is 7.98. The predicted molar refractivity (Wildman–Crippen MR) is 92.3 cm³/mol. The summed E-state index contributed by atoms with van der Waals surface area (Å²) in [7, 11) is 0. The molecule has 0 unspecified atom stereocenters. The van der Waals surface area contributed by atoms with Crippen molar-refractivity contribution >= 4 is 5.91 Å². The van der Waals surface area contributed by atoms with Crippen LogP contribution in [0.5, 0.6) is 11.6 Å². The molecule has 0 atom stereocenters. The molecule has 2 aromatic heterocycles. The normalized spacial score (nSPS) is 10.5. The number of aryl methyl sites for hydroxylation is 2. The molecule has 0 aliphatic heterocycles. The van der Waals surface area contributed by atoms with Crippen LogP contribution in [0.25, 0.3) is 0 Å². The van der Waals surface area contributed by atoms with Gasteiger partial charge in [-0.05, 0) is 37.6 Å². The highest BCUT2D eigenvalue weighted by atomic mass is 16.5. The van der Waals surface area contributed by atoms with E-state index in [1.807, 2.05) is 49.4 Å². The van der Waals surface area contributed by atoms with Crippen molar-refractivity contribution in [3.63, 3.8) is 0 Å². The molecular weight excluding hydrogens is 318 g/mol. The third-order valence-electron chi connectivity index (χ3n) is 3.77. The summed E-state index contributed by atoms with van der Waals surface area (Å²) in [6, 6.07) is 13.1. The summed E-state index contributed by atoms with van der Waals surface area (Å²) in [4.78, 5) is 16.3. The van der Waals surface area contributed by atoms with Crippen molar-refractivity contribution in [1.29, 1.82) is 0 Å². The van der Waals surface area contributed by atoms with Gasteiger partial charge in [0.2, 0.25) is 11.8 Å². The Morgan fingerprint density at radius 1 is 1.20 bits per heavy atom. The molecule has 1 N–H and O–H groups in total. The van der Waals surface area contributed by atoms with Gasteiger partial charge in [-0.15, -0.1) is 0 Å². The lowest BCUT2D eigenvalue weighted by Gasteiger charge is -2.08. The fourth-order valence-corrected chi connectivity index (χ4v) is 2.40. The van der Waals surface area contributed by atoms with Crippen molar-refractivity contribution in [2.75, 3.05) is 0 Å². The number of rotatable bonds is 6. The fraction of sp³-hybridized carbons (Fsp3) is 0.211. The maximum atomic E-state index is 12.1. The highest BCUT2D eigenvalue weighted by molar-refractivity contribution is 5.79. The zero-order chi connectivity index (χ0) is 17.6. The van der Waals surface area contributed by atoms with Crippen LogP contribution in [0.2, 0.25) is 0 Å². The van der Waals surface area contributed by atoms with Gasteiger partial charge in [-0.2, -0.15) is 0 Å². The van der Waals surface area contributed by atoms with E-state index in [0.717, 1.165) is 22.6 Å². The molecular formula is C19H19N3O3. The van der Waals surface area contributed by atoms with Gasteiger partial charge in [0.15, 0.2) is 0 Å². The largest absolute Gasteiger partial charge is 0.439 e. The van der Waals surface area contributed by atoms with Crippen LogP contribution >= 0.6 is 0 Å². The second-order valence-electron chi connectivity index (χ2n) is 5.67. The van der Waals surface area contributed by atoms with E-state index in [9.17, 15) is 4.79 Å². The number of aromatic nitrogens is 2. The van der Waals surface area contributed by atoms with E-state index in [0.29, 0.717) is 18.2 Å². The fourth-order valence-electron chi connectivity index (χ4n) is 2.40. The molecule has 0 fully saturated rings. The van der Waals surface area contributed by atoms with Gasteiger partial charge in [-0.1, -0.05) is 23.4 Å². The van der Waals surface area contributed by atoms with Crippen LogP contribution in [0, 0.1) is 13.8 Å². The summed E-state index contributed by atoms with van der Waals surface area (Å²) < 4.78 is 10.8. The summed E-state index contributed by atoms with van der Waals surface area (Å²) >= 11 is 0. The van der Waals surface area contributed by atoms with Crippen molar-refractivity contribution in [3.05, 3.63) is 71.2 Å². The summed E-state index contributed by atoms with van der Waals surface area (Å²) in [5.41, 5.74) is 2.49. The van der Waals surface area contributed by atoms with E-state index in [4.69, 9.17) is 9.26 Å². The number of carbonyl (C=O) groups excluding carboxylic acids is 1. The Labute approximate surface area is 145 Å². The van der Waals surface area contributed by atoms with Crippen molar-refractivity contribution in [2.45, 2.75) is 26.8 Å². The number of amides is 1. The van der Waals surface area contributed by atoms with Crippen LogP contribution in [0.4, 0.5) is 0 Å². The number of nitrogens with one attached hydrogen (secondary N) is 1. The molecule has 0 aliphatic carbocycles. The van der Waals surface area contributed by atoms with Crippen LogP contribution < -0.4 is 10.1 Å². The van der Waals surface area contributed by atoms with Gasteiger partial charge in [-0.25, -0.2) is 4.98 Å². The molecule has 0 saturated heterocycles. The van der Waals surface area contributed by atoms with Gasteiger partial charge in [0, 0.05) is 24.4 Å². The SMILES string of the molecule is Cc1noc(C)c1CC(=O)NCc1ccnc(Oc2ccccc2)c1. The third-order valence-corrected chi connectivity index (χ3v) is 3.77. The zero-order valence-corrected chi connectivity index (χ0v) is 14.2. The van der Waals surface area contributed by atoms with Crippen molar-refractivity contribution < 1.29 is 14.1 Å². The monoisotopic (exact) mass is 337 g/mol. The Hall–Kier alpha value is -3.15. The molecule has 6 nitrogen and oxygen atoms in total. The van der Waals surface area contributed by atoms with E-state index in [1.54, 1.807) is 13.1 Å². The second kappa shape index (κ2) is 7.61. The maximum absolute atomic E-state index is 12.1. The molecule has 0 spiro atoms. The molecule has 0 saturated carbocycles. The topological polar surface area (TPSA) is 77.3 Å². The molecule has 3 rings (SSSR count). The van der Waals surface area contributed by atoms with Crippen LogP contribution in [0.1, 0.15) is 22.6 Å². The minimum Gasteiger partial charge on any atom is -0.439 e. The first-order chi connectivity index (χ1) is 12.1. The Bertz CT molecular complexity index is 840. The molecule has 3 aromatic rings. The van der Waals surface area contributed by atoms with E-state index in [-0.39, 0.29) is 12.3 Å². The molecule has 2 heterocycles. The number of pyridine rings is 1. The third kappa shape index (κ3) is 4.44. The van der Waals surface area contributed by atoms with E-state index < -0.39 is 0 Å². The first kappa shape index (κ1) is 16.7. The molecule has 1 amide bonds. The van der Waals surface area contributed by atoms with Crippen molar-refractivity contribution in [3.8, 4) is 11.6 Å². The number of hydrogen-bond donors (Lipinski definition) is 1. The Morgan fingerprint density at radius 2 is 2.00 bits per heavy atom. The first-order valence-electron chi connectivity index (χ1n) is 7.98. The minimum atomic E-state index is -0.0864. The Kier molecular flexibility index (Phi) is 5.09. The molecule has 0 bridgehead atoms. The van der Waals surface area contributed by atoms with E-state index in [2.05, 4.69) is 15.5 Å². The van der Waals surface area contributed by atoms with Crippen LogP contribution in [-0.4, -0.2) is 16.0 Å². The van der Waals surface area contributed by atoms with E-state index >= 15 is 0 Å². The summed E-state index contributed by atoms with van der Waals surface area (Å²) in [5.74, 6) is 1.80. The second-order valence-corrected chi connectivity index (χ2v) is 5.67. The molecule has 0 radical (unpaired) electrons. The van der Waals surface area contributed by atoms with Crippen LogP contribution in [0.15, 0.2) is 53.2 Å². The number of ether oxygens (including phenoxy) is 1. The van der Waals surface area contributed by atoms with Crippen LogP contribution in [0.3, 0.4) is 0 Å². The van der Waals surface area contributed by atoms with Gasteiger partial charge in [-0.3, -0.25) is 4.79 Å². The van der Waals surface area contributed by atoms with Gasteiger partial charge >= 0.3 is 0 Å². The van der Waals surface area contributed by atoms with Crippen molar-refractivity contribution in [1.82, 2.24) is 15.5 Å². The quantitative estimate of drug-likeness (QED) is 0.746. The lowest BCUT2D eigenvalue weighted by Crippen LogP contribution is -2.25. The zero-order valence-electron chi connectivity index (χ0n) is 14.2. The minimum absolute atomic E-state index is 0.0864. The number of carbonyl (C=O) groups is 1. The van der Waals surface area contributed by atoms with Gasteiger partial charge in [0.05, 0.1) is 12.1 Å². The van der Waals surface area contributed by atoms with E-state index in [1.165, 1.54) is 0 Å². The average Bonchev–Trinajstić information content (AvgIpc) is 2.93. The van der Waals surface area contributed by atoms with Crippen LogP contribution in [-0.2, 0) is 17.8 Å². The van der Waals surface area contributed by atoms with Gasteiger partial charge in [0.25, 0.3) is 0 Å². The molecule has 6 heteroatoms. The number of para-hydroxylation sites is 1. The number of hydrogen-bond acceptors (Lipinski definition) is 5. The van der Waals surface area contributed by atoms with Gasteiger partial charge < -0.3 is 14.6 Å². The standard InChI is InChI=1S/C19H19N3O3/c1-13-17(14(2)25-22-13)11-18(23)21-12-15-8-9-20-19(10-15)24-16-6-4-3-5-7-16/h3-10H,11-12H2,1-2H3,(H,21,23).